The van der Waals surface area contributed by atoms with E-state index in [4.69, 9.17) is 4.63 Å². The lowest BCUT2D eigenvalue weighted by Gasteiger charge is -2.41. The van der Waals surface area contributed by atoms with E-state index < -0.39 is 0 Å². The summed E-state index contributed by atoms with van der Waals surface area (Å²) in [6.45, 7) is 8.39. The third kappa shape index (κ3) is 3.86. The van der Waals surface area contributed by atoms with Gasteiger partial charge in [-0.3, -0.25) is 4.79 Å². The maximum absolute atomic E-state index is 12.5. The molecular weight excluding hydrogens is 332 g/mol. The van der Waals surface area contributed by atoms with E-state index >= 15 is 0 Å². The van der Waals surface area contributed by atoms with Crippen LogP contribution in [0.2, 0.25) is 0 Å². The van der Waals surface area contributed by atoms with E-state index in [2.05, 4.69) is 25.8 Å². The minimum atomic E-state index is 0.287. The smallest absolute Gasteiger partial charge is 0.222 e. The molecule has 1 aromatic heterocycles. The summed E-state index contributed by atoms with van der Waals surface area (Å²) in [5.41, 5.74) is 0.809. The second-order valence-corrected chi connectivity index (χ2v) is 7.97. The summed E-state index contributed by atoms with van der Waals surface area (Å²) < 4.78 is 4.78. The summed E-state index contributed by atoms with van der Waals surface area (Å²) in [7, 11) is 0. The van der Waals surface area contributed by atoms with Gasteiger partial charge < -0.3 is 20.4 Å². The fourth-order valence-corrected chi connectivity index (χ4v) is 4.66. The second kappa shape index (κ2) is 7.92. The van der Waals surface area contributed by atoms with Gasteiger partial charge in [0.15, 0.2) is 5.82 Å². The molecule has 0 aromatic carbocycles. The molecule has 3 aliphatic rings. The van der Waals surface area contributed by atoms with Gasteiger partial charge in [-0.15, -0.1) is 0 Å². The monoisotopic (exact) mass is 362 g/mol. The van der Waals surface area contributed by atoms with Crippen molar-refractivity contribution in [1.82, 2.24) is 25.8 Å². The number of aromatic nitrogens is 2. The Balaban J connectivity index is 1.18. The number of hydrogen-bond donors (Lipinski definition) is 2. The highest BCUT2D eigenvalue weighted by atomic mass is 16.6. The predicted octanol–water partition coefficient (Wildman–Crippen LogP) is 0.394. The molecule has 3 saturated heterocycles. The Morgan fingerprint density at radius 2 is 2.04 bits per heavy atom. The highest BCUT2D eigenvalue weighted by molar-refractivity contribution is 5.76. The van der Waals surface area contributed by atoms with Crippen LogP contribution in [0.15, 0.2) is 4.63 Å². The molecule has 0 unspecified atom stereocenters. The first-order chi connectivity index (χ1) is 12.7. The average Bonchev–Trinajstić information content (AvgIpc) is 3.10. The number of piperazine rings is 1. The number of fused-ring (bicyclic) bond motifs is 2. The molecule has 1 amide bonds. The number of piperidine rings is 2. The number of aryl methyl sites for hydroxylation is 1. The van der Waals surface area contributed by atoms with E-state index in [-0.39, 0.29) is 5.91 Å². The molecule has 144 valence electrons. The molecule has 8 heteroatoms. The lowest BCUT2D eigenvalue weighted by Crippen LogP contribution is -2.54. The van der Waals surface area contributed by atoms with Gasteiger partial charge in [-0.1, -0.05) is 5.16 Å². The third-order valence-corrected chi connectivity index (χ3v) is 6.18. The van der Waals surface area contributed by atoms with Gasteiger partial charge in [0.2, 0.25) is 5.91 Å². The normalized spacial score (nSPS) is 29.0. The number of hydrogen-bond acceptors (Lipinski definition) is 7. The van der Waals surface area contributed by atoms with Crippen LogP contribution in [0, 0.1) is 18.8 Å². The van der Waals surface area contributed by atoms with Crippen LogP contribution in [-0.2, 0) is 4.79 Å². The van der Waals surface area contributed by atoms with Crippen molar-refractivity contribution in [3.63, 3.8) is 0 Å². The summed E-state index contributed by atoms with van der Waals surface area (Å²) >= 11 is 0. The van der Waals surface area contributed by atoms with Gasteiger partial charge in [0.05, 0.1) is 0 Å². The van der Waals surface area contributed by atoms with E-state index in [0.717, 1.165) is 82.0 Å². The molecule has 0 aliphatic carbocycles. The molecular formula is C18H30N6O2. The van der Waals surface area contributed by atoms with Crippen LogP contribution in [-0.4, -0.2) is 73.0 Å². The zero-order chi connectivity index (χ0) is 17.9. The fraction of sp³-hybridized carbons (Fsp3) is 0.833. The zero-order valence-corrected chi connectivity index (χ0v) is 15.6. The molecule has 4 heterocycles. The SMILES string of the molecule is Cc1nonc1N1CCN(C(=O)CCC[C@@H]2NC[C@@H]3CNC[C@H]2C3)CC1. The Hall–Kier alpha value is -1.67. The van der Waals surface area contributed by atoms with Crippen molar-refractivity contribution in [1.29, 1.82) is 0 Å². The van der Waals surface area contributed by atoms with Gasteiger partial charge >= 0.3 is 0 Å². The van der Waals surface area contributed by atoms with Crippen LogP contribution in [0.4, 0.5) is 5.82 Å². The van der Waals surface area contributed by atoms with E-state index in [9.17, 15) is 4.79 Å². The second-order valence-electron chi connectivity index (χ2n) is 7.97. The van der Waals surface area contributed by atoms with Gasteiger partial charge in [0.25, 0.3) is 0 Å². The first-order valence-electron chi connectivity index (χ1n) is 9.96. The van der Waals surface area contributed by atoms with E-state index in [0.29, 0.717) is 12.5 Å². The lowest BCUT2D eigenvalue weighted by atomic mass is 9.80. The molecule has 3 atom stereocenters. The molecule has 2 bridgehead atoms. The molecule has 0 spiro atoms. The lowest BCUT2D eigenvalue weighted by molar-refractivity contribution is -0.131. The summed E-state index contributed by atoms with van der Waals surface area (Å²) in [4.78, 5) is 16.7. The predicted molar refractivity (Wildman–Crippen MR) is 97.9 cm³/mol. The Labute approximate surface area is 154 Å². The molecule has 3 fully saturated rings. The van der Waals surface area contributed by atoms with Crippen molar-refractivity contribution >= 4 is 11.7 Å². The number of nitrogens with one attached hydrogen (secondary N) is 2. The van der Waals surface area contributed by atoms with Crippen LogP contribution < -0.4 is 15.5 Å². The summed E-state index contributed by atoms with van der Waals surface area (Å²) in [6, 6.07) is 0.575. The summed E-state index contributed by atoms with van der Waals surface area (Å²) in [5.74, 6) is 2.63. The standard InChI is InChI=1S/C18H30N6O2/c1-13-18(22-26-21-13)24-7-5-23(6-8-24)17(25)4-2-3-16-15-9-14(11-20-16)10-19-12-15/h14-16,19-20H,2-12H2,1H3/t14-,15+,16-/m0/s1. The molecule has 26 heavy (non-hydrogen) atoms. The summed E-state index contributed by atoms with van der Waals surface area (Å²) in [6.07, 6.45) is 4.09. The van der Waals surface area contributed by atoms with Gasteiger partial charge in [-0.05, 0) is 62.8 Å². The number of rotatable bonds is 5. The molecule has 3 aliphatic heterocycles. The summed E-state index contributed by atoms with van der Waals surface area (Å²) in [5, 5.41) is 15.1. The Kier molecular flexibility index (Phi) is 5.40. The van der Waals surface area contributed by atoms with Gasteiger partial charge in [0.1, 0.15) is 5.69 Å². The van der Waals surface area contributed by atoms with Crippen molar-refractivity contribution in [2.24, 2.45) is 11.8 Å². The molecule has 8 nitrogen and oxygen atoms in total. The van der Waals surface area contributed by atoms with Crippen molar-refractivity contribution in [3.05, 3.63) is 5.69 Å². The first kappa shape index (κ1) is 17.7. The highest BCUT2D eigenvalue weighted by Gasteiger charge is 2.32. The Morgan fingerprint density at radius 3 is 2.81 bits per heavy atom. The first-order valence-corrected chi connectivity index (χ1v) is 9.96. The van der Waals surface area contributed by atoms with E-state index in [1.54, 1.807) is 0 Å². The number of carbonyl (C=O) groups excluding carboxylic acids is 1. The van der Waals surface area contributed by atoms with E-state index in [1.165, 1.54) is 6.42 Å². The van der Waals surface area contributed by atoms with Crippen molar-refractivity contribution in [2.75, 3.05) is 50.7 Å². The number of nitrogens with zero attached hydrogens (tertiary/aromatic N) is 4. The Morgan fingerprint density at radius 1 is 1.19 bits per heavy atom. The minimum Gasteiger partial charge on any atom is -0.349 e. The molecule has 1 aromatic rings. The number of carbonyl (C=O) groups is 1. The zero-order valence-electron chi connectivity index (χ0n) is 15.6. The van der Waals surface area contributed by atoms with Crippen LogP contribution in [0.5, 0.6) is 0 Å². The highest BCUT2D eigenvalue weighted by Crippen LogP contribution is 2.26. The van der Waals surface area contributed by atoms with Crippen molar-refractivity contribution in [2.45, 2.75) is 38.6 Å². The molecule has 2 N–H and O–H groups in total. The maximum atomic E-state index is 12.5. The molecule has 4 rings (SSSR count). The van der Waals surface area contributed by atoms with Crippen LogP contribution >= 0.6 is 0 Å². The van der Waals surface area contributed by atoms with Crippen LogP contribution in [0.1, 0.15) is 31.4 Å². The fourth-order valence-electron chi connectivity index (χ4n) is 4.66. The Bertz CT molecular complexity index is 613. The number of amides is 1. The van der Waals surface area contributed by atoms with Crippen molar-refractivity contribution < 1.29 is 9.42 Å². The van der Waals surface area contributed by atoms with Gasteiger partial charge in [-0.2, -0.15) is 0 Å². The molecule has 0 saturated carbocycles. The topological polar surface area (TPSA) is 86.5 Å². The van der Waals surface area contributed by atoms with Crippen LogP contribution in [0.25, 0.3) is 0 Å². The largest absolute Gasteiger partial charge is 0.349 e. The average molecular weight is 362 g/mol. The van der Waals surface area contributed by atoms with Gasteiger partial charge in [0, 0.05) is 38.6 Å². The number of anilines is 1. The van der Waals surface area contributed by atoms with E-state index in [1.807, 2.05) is 11.8 Å². The third-order valence-electron chi connectivity index (χ3n) is 6.18. The maximum Gasteiger partial charge on any atom is 0.222 e. The van der Waals surface area contributed by atoms with Crippen LogP contribution in [0.3, 0.4) is 0 Å². The van der Waals surface area contributed by atoms with Gasteiger partial charge in [-0.25, -0.2) is 4.63 Å². The molecule has 0 radical (unpaired) electrons. The minimum absolute atomic E-state index is 0.287. The quantitative estimate of drug-likeness (QED) is 0.784. The van der Waals surface area contributed by atoms with Crippen molar-refractivity contribution in [3.8, 4) is 0 Å².